The molecular weight excluding hydrogens is 551 g/mol. The fourth-order valence-corrected chi connectivity index (χ4v) is 7.16. The summed E-state index contributed by atoms with van der Waals surface area (Å²) in [6, 6.07) is 15.3. The molecule has 7 nitrogen and oxygen atoms in total. The number of thiophene rings is 1. The van der Waals surface area contributed by atoms with Gasteiger partial charge in [0.25, 0.3) is 0 Å². The van der Waals surface area contributed by atoms with E-state index in [1.165, 1.54) is 35.1 Å². The van der Waals surface area contributed by atoms with Crippen LogP contribution in [0, 0.1) is 5.92 Å². The Morgan fingerprint density at radius 2 is 1.92 bits per heavy atom. The van der Waals surface area contributed by atoms with Crippen LogP contribution in [-0.2, 0) is 22.4 Å². The zero-order valence-electron chi connectivity index (χ0n) is 22.5. The van der Waals surface area contributed by atoms with E-state index < -0.39 is 5.97 Å². The highest BCUT2D eigenvalue weighted by Crippen LogP contribution is 2.40. The first kappa shape index (κ1) is 28.9. The molecule has 10 heteroatoms. The van der Waals surface area contributed by atoms with E-state index in [1.807, 2.05) is 55.5 Å². The fraction of sp³-hybridized carbons (Fsp3) is 0.345. The van der Waals surface area contributed by atoms with E-state index >= 15 is 0 Å². The largest absolute Gasteiger partial charge is 0.495 e. The molecular formula is C29H33N3O4S3. The molecule has 3 aromatic rings. The number of thiocarbonyl (C=S) groups is 1. The first-order valence-electron chi connectivity index (χ1n) is 12.8. The molecule has 0 radical (unpaired) electrons. The summed E-state index contributed by atoms with van der Waals surface area (Å²) in [4.78, 5) is 28.1. The lowest BCUT2D eigenvalue weighted by Crippen LogP contribution is -2.25. The smallest absolute Gasteiger partial charge is 0.341 e. The van der Waals surface area contributed by atoms with Gasteiger partial charge in [-0.2, -0.15) is 0 Å². The number of methoxy groups -OCH3 is 2. The zero-order chi connectivity index (χ0) is 27.9. The number of anilines is 3. The van der Waals surface area contributed by atoms with Crippen molar-refractivity contribution in [1.82, 2.24) is 0 Å². The Bertz CT molecular complexity index is 1360. The van der Waals surface area contributed by atoms with Gasteiger partial charge in [-0.3, -0.25) is 4.79 Å². The van der Waals surface area contributed by atoms with Crippen LogP contribution in [0.5, 0.6) is 5.75 Å². The van der Waals surface area contributed by atoms with E-state index in [-0.39, 0.29) is 11.2 Å². The van der Waals surface area contributed by atoms with Crippen LogP contribution in [0.4, 0.5) is 16.4 Å². The van der Waals surface area contributed by atoms with Crippen molar-refractivity contribution in [2.45, 2.75) is 49.7 Å². The summed E-state index contributed by atoms with van der Waals surface area (Å²) in [7, 11) is 2.99. The van der Waals surface area contributed by atoms with Crippen molar-refractivity contribution in [2.75, 3.05) is 30.2 Å². The van der Waals surface area contributed by atoms with Crippen LogP contribution < -0.4 is 20.7 Å². The molecule has 4 rings (SSSR count). The maximum absolute atomic E-state index is 13.4. The van der Waals surface area contributed by atoms with Gasteiger partial charge in [0.2, 0.25) is 5.91 Å². The Labute approximate surface area is 243 Å². The number of carbonyl (C=O) groups excluding carboxylic acids is 2. The Morgan fingerprint density at radius 3 is 2.67 bits per heavy atom. The van der Waals surface area contributed by atoms with Gasteiger partial charge in [0.1, 0.15) is 10.8 Å². The molecule has 1 aliphatic carbocycles. The maximum atomic E-state index is 13.4. The SMILES string of the molecule is CCC(Sc1cccc(NC(=S)Nc2ccccc2OC)c1)C(=O)Nc1sc2c(c1C(=O)OC)CCC(C)C2. The van der Waals surface area contributed by atoms with Gasteiger partial charge >= 0.3 is 5.97 Å². The second-order valence-electron chi connectivity index (χ2n) is 9.36. The van der Waals surface area contributed by atoms with Gasteiger partial charge in [-0.15, -0.1) is 23.1 Å². The number of benzene rings is 2. The molecule has 2 unspecified atom stereocenters. The van der Waals surface area contributed by atoms with Crippen molar-refractivity contribution >= 4 is 68.7 Å². The molecule has 0 spiro atoms. The topological polar surface area (TPSA) is 88.7 Å². The van der Waals surface area contributed by atoms with Crippen LogP contribution in [-0.4, -0.2) is 36.5 Å². The number of hydrogen-bond acceptors (Lipinski definition) is 7. The summed E-state index contributed by atoms with van der Waals surface area (Å²) < 4.78 is 10.4. The standard InChI is InChI=1S/C29H33N3O4S3/c1-5-23(26(33)32-27-25(28(34)36-4)20-14-13-17(2)15-24(20)39-27)38-19-10-8-9-18(16-19)30-29(37)31-21-11-6-7-12-22(21)35-3/h6-12,16-17,23H,5,13-15H2,1-4H3,(H,32,33)(H2,30,31,37). The molecule has 0 fully saturated rings. The van der Waals surface area contributed by atoms with Gasteiger partial charge in [-0.05, 0) is 79.7 Å². The van der Waals surface area contributed by atoms with Gasteiger partial charge < -0.3 is 25.4 Å². The molecule has 0 saturated heterocycles. The van der Waals surface area contributed by atoms with Crippen LogP contribution in [0.25, 0.3) is 0 Å². The molecule has 1 amide bonds. The number of amides is 1. The van der Waals surface area contributed by atoms with Crippen molar-refractivity contribution in [3.63, 3.8) is 0 Å². The monoisotopic (exact) mass is 583 g/mol. The molecule has 206 valence electrons. The molecule has 1 heterocycles. The summed E-state index contributed by atoms with van der Waals surface area (Å²) in [5.41, 5.74) is 3.11. The van der Waals surface area contributed by atoms with E-state index in [1.54, 1.807) is 7.11 Å². The van der Waals surface area contributed by atoms with Crippen molar-refractivity contribution in [3.8, 4) is 5.75 Å². The normalized spacial score (nSPS) is 15.0. The Kier molecular flexibility index (Phi) is 9.88. The van der Waals surface area contributed by atoms with Crippen LogP contribution in [0.1, 0.15) is 47.5 Å². The molecule has 1 aromatic heterocycles. The van der Waals surface area contributed by atoms with E-state index in [9.17, 15) is 9.59 Å². The number of thioether (sulfide) groups is 1. The van der Waals surface area contributed by atoms with Gasteiger partial charge in [-0.25, -0.2) is 4.79 Å². The number of esters is 1. The first-order valence-corrected chi connectivity index (χ1v) is 14.9. The lowest BCUT2D eigenvalue weighted by atomic mass is 9.88. The highest BCUT2D eigenvalue weighted by atomic mass is 32.2. The minimum atomic E-state index is -0.394. The Balaban J connectivity index is 1.44. The summed E-state index contributed by atoms with van der Waals surface area (Å²) >= 11 is 8.47. The van der Waals surface area contributed by atoms with E-state index in [4.69, 9.17) is 21.7 Å². The first-order chi connectivity index (χ1) is 18.8. The molecule has 1 aliphatic rings. The molecule has 0 bridgehead atoms. The van der Waals surface area contributed by atoms with Crippen molar-refractivity contribution in [1.29, 1.82) is 0 Å². The number of rotatable bonds is 9. The third-order valence-electron chi connectivity index (χ3n) is 6.53. The molecule has 0 aliphatic heterocycles. The van der Waals surface area contributed by atoms with Gasteiger partial charge in [0.05, 0.1) is 30.7 Å². The second-order valence-corrected chi connectivity index (χ2v) is 12.1. The number of ether oxygens (including phenoxy) is 2. The van der Waals surface area contributed by atoms with E-state index in [0.717, 1.165) is 41.1 Å². The number of fused-ring (bicyclic) bond motifs is 1. The molecule has 39 heavy (non-hydrogen) atoms. The molecule has 2 atom stereocenters. The minimum Gasteiger partial charge on any atom is -0.495 e. The summed E-state index contributed by atoms with van der Waals surface area (Å²) in [6.45, 7) is 4.20. The lowest BCUT2D eigenvalue weighted by molar-refractivity contribution is -0.115. The summed E-state index contributed by atoms with van der Waals surface area (Å²) in [6.07, 6.45) is 3.39. The zero-order valence-corrected chi connectivity index (χ0v) is 24.9. The summed E-state index contributed by atoms with van der Waals surface area (Å²) in [5.74, 6) is 0.725. The molecule has 0 saturated carbocycles. The third kappa shape index (κ3) is 7.12. The average molecular weight is 584 g/mol. The predicted octanol–water partition coefficient (Wildman–Crippen LogP) is 6.99. The second kappa shape index (κ2) is 13.3. The van der Waals surface area contributed by atoms with Gasteiger partial charge in [0, 0.05) is 15.5 Å². The van der Waals surface area contributed by atoms with Gasteiger partial charge in [0.15, 0.2) is 5.11 Å². The van der Waals surface area contributed by atoms with Crippen LogP contribution in [0.15, 0.2) is 53.4 Å². The van der Waals surface area contributed by atoms with Crippen molar-refractivity contribution in [3.05, 3.63) is 64.5 Å². The number of para-hydroxylation sites is 2. The van der Waals surface area contributed by atoms with Crippen LogP contribution in [0.2, 0.25) is 0 Å². The van der Waals surface area contributed by atoms with Gasteiger partial charge in [-0.1, -0.05) is 32.0 Å². The minimum absolute atomic E-state index is 0.133. The maximum Gasteiger partial charge on any atom is 0.341 e. The lowest BCUT2D eigenvalue weighted by Gasteiger charge is -2.18. The number of nitrogens with one attached hydrogen (secondary N) is 3. The Morgan fingerprint density at radius 1 is 1.13 bits per heavy atom. The third-order valence-corrected chi connectivity index (χ3v) is 9.26. The van der Waals surface area contributed by atoms with E-state index in [0.29, 0.717) is 33.8 Å². The number of hydrogen-bond donors (Lipinski definition) is 3. The molecule has 2 aromatic carbocycles. The highest BCUT2D eigenvalue weighted by molar-refractivity contribution is 8.00. The number of carbonyl (C=O) groups is 2. The quantitative estimate of drug-likeness (QED) is 0.141. The van der Waals surface area contributed by atoms with Crippen molar-refractivity contribution in [2.24, 2.45) is 5.92 Å². The van der Waals surface area contributed by atoms with Crippen LogP contribution >= 0.6 is 35.3 Å². The Hall–Kier alpha value is -3.08. The van der Waals surface area contributed by atoms with E-state index in [2.05, 4.69) is 22.9 Å². The molecule has 3 N–H and O–H groups in total. The average Bonchev–Trinajstić information content (AvgIpc) is 3.28. The fourth-order valence-electron chi connectivity index (χ4n) is 4.52. The summed E-state index contributed by atoms with van der Waals surface area (Å²) in [5, 5.41) is 10.1. The van der Waals surface area contributed by atoms with Crippen molar-refractivity contribution < 1.29 is 19.1 Å². The van der Waals surface area contributed by atoms with Crippen LogP contribution in [0.3, 0.4) is 0 Å². The predicted molar refractivity (Wildman–Crippen MR) is 165 cm³/mol. The highest BCUT2D eigenvalue weighted by Gasteiger charge is 2.30.